The summed E-state index contributed by atoms with van der Waals surface area (Å²) >= 11 is 0. The number of imide groups is 1. The predicted octanol–water partition coefficient (Wildman–Crippen LogP) is 1.96. The van der Waals surface area contributed by atoms with E-state index < -0.39 is 0 Å². The average Bonchev–Trinajstić information content (AvgIpc) is 2.07. The number of amides is 2. The van der Waals surface area contributed by atoms with Crippen LogP contribution in [0.25, 0.3) is 0 Å². The monoisotopic (exact) mass is 197 g/mol. The maximum Gasteiger partial charge on any atom is 0.226 e. The van der Waals surface area contributed by atoms with Crippen molar-refractivity contribution in [3.63, 3.8) is 0 Å². The zero-order valence-electron chi connectivity index (χ0n) is 9.25. The summed E-state index contributed by atoms with van der Waals surface area (Å²) in [4.78, 5) is 24.1. The van der Waals surface area contributed by atoms with Gasteiger partial charge in [-0.1, -0.05) is 19.8 Å². The highest BCUT2D eigenvalue weighted by atomic mass is 16.2. The van der Waals surface area contributed by atoms with Crippen LogP contribution in [-0.2, 0) is 9.59 Å². The van der Waals surface area contributed by atoms with E-state index in [0.717, 1.165) is 19.3 Å². The Morgan fingerprint density at radius 1 is 1.07 bits per heavy atom. The van der Waals surface area contributed by atoms with Gasteiger partial charge in [0.05, 0.1) is 0 Å². The fourth-order valence-electron chi connectivity index (χ4n) is 2.37. The summed E-state index contributed by atoms with van der Waals surface area (Å²) in [6.07, 6.45) is 4.45. The minimum Gasteiger partial charge on any atom is -0.280 e. The molecule has 2 unspecified atom stereocenters. The normalized spacial score (nSPS) is 27.1. The fourth-order valence-corrected chi connectivity index (χ4v) is 2.37. The molecule has 1 aliphatic carbocycles. The molecular formula is C11H19NO2. The number of carbonyl (C=O) groups is 2. The summed E-state index contributed by atoms with van der Waals surface area (Å²) in [5.41, 5.74) is 0. The Balaban J connectivity index is 2.75. The molecule has 0 heterocycles. The van der Waals surface area contributed by atoms with Gasteiger partial charge in [-0.05, 0) is 18.8 Å². The minimum atomic E-state index is -0.115. The predicted molar refractivity (Wildman–Crippen MR) is 54.6 cm³/mol. The zero-order valence-corrected chi connectivity index (χ0v) is 9.25. The van der Waals surface area contributed by atoms with Gasteiger partial charge in [-0.15, -0.1) is 0 Å². The minimum absolute atomic E-state index is 0.115. The van der Waals surface area contributed by atoms with Gasteiger partial charge in [0, 0.05) is 19.9 Å². The van der Waals surface area contributed by atoms with Crippen LogP contribution in [0.4, 0.5) is 0 Å². The third-order valence-electron chi connectivity index (χ3n) is 3.08. The number of hydrogen-bond donors (Lipinski definition) is 0. The molecule has 3 nitrogen and oxygen atoms in total. The van der Waals surface area contributed by atoms with Crippen LogP contribution in [0.2, 0.25) is 0 Å². The van der Waals surface area contributed by atoms with E-state index in [2.05, 4.69) is 6.92 Å². The summed E-state index contributed by atoms with van der Waals surface area (Å²) < 4.78 is 0. The number of rotatable bonds is 1. The molecule has 0 aliphatic heterocycles. The molecule has 0 spiro atoms. The van der Waals surface area contributed by atoms with Gasteiger partial charge in [-0.3, -0.25) is 14.5 Å². The van der Waals surface area contributed by atoms with Gasteiger partial charge in [0.25, 0.3) is 0 Å². The summed E-state index contributed by atoms with van der Waals surface area (Å²) in [6.45, 7) is 5.08. The molecule has 0 saturated heterocycles. The highest BCUT2D eigenvalue weighted by Crippen LogP contribution is 2.28. The number of carbonyl (C=O) groups excluding carboxylic acids is 2. The first-order valence-electron chi connectivity index (χ1n) is 5.34. The lowest BCUT2D eigenvalue weighted by Gasteiger charge is -2.36. The van der Waals surface area contributed by atoms with Crippen molar-refractivity contribution >= 4 is 11.8 Å². The molecule has 1 rings (SSSR count). The third kappa shape index (κ3) is 2.34. The van der Waals surface area contributed by atoms with E-state index >= 15 is 0 Å². The lowest BCUT2D eigenvalue weighted by atomic mass is 9.85. The van der Waals surface area contributed by atoms with Crippen LogP contribution >= 0.6 is 0 Å². The summed E-state index contributed by atoms with van der Waals surface area (Å²) in [6, 6.07) is 0.138. The third-order valence-corrected chi connectivity index (χ3v) is 3.08. The molecule has 80 valence electrons. The largest absolute Gasteiger partial charge is 0.280 e. The molecule has 2 atom stereocenters. The van der Waals surface area contributed by atoms with Gasteiger partial charge in [0.2, 0.25) is 11.8 Å². The first-order chi connectivity index (χ1) is 6.54. The molecule has 0 aromatic carbocycles. The number of hydrogen-bond acceptors (Lipinski definition) is 2. The Morgan fingerprint density at radius 3 is 2.00 bits per heavy atom. The van der Waals surface area contributed by atoms with E-state index in [1.165, 1.54) is 25.2 Å². The maximum absolute atomic E-state index is 11.3. The Morgan fingerprint density at radius 2 is 1.57 bits per heavy atom. The molecule has 1 aliphatic rings. The summed E-state index contributed by atoms with van der Waals surface area (Å²) in [5, 5.41) is 0. The lowest BCUT2D eigenvalue weighted by Crippen LogP contribution is -2.46. The summed E-state index contributed by atoms with van der Waals surface area (Å²) in [5.74, 6) is 0.226. The van der Waals surface area contributed by atoms with Crippen LogP contribution in [0.3, 0.4) is 0 Å². The van der Waals surface area contributed by atoms with E-state index in [9.17, 15) is 9.59 Å². The van der Waals surface area contributed by atoms with E-state index in [1.54, 1.807) is 0 Å². The van der Waals surface area contributed by atoms with Crippen LogP contribution in [-0.4, -0.2) is 22.8 Å². The van der Waals surface area contributed by atoms with Crippen LogP contribution in [0.1, 0.15) is 46.5 Å². The highest BCUT2D eigenvalue weighted by molar-refractivity contribution is 5.93. The Labute approximate surface area is 85.5 Å². The molecule has 0 N–H and O–H groups in total. The van der Waals surface area contributed by atoms with E-state index in [0.29, 0.717) is 5.92 Å². The van der Waals surface area contributed by atoms with Gasteiger partial charge in [-0.2, -0.15) is 0 Å². The van der Waals surface area contributed by atoms with E-state index in [4.69, 9.17) is 0 Å². The summed E-state index contributed by atoms with van der Waals surface area (Å²) in [7, 11) is 0. The maximum atomic E-state index is 11.3. The van der Waals surface area contributed by atoms with Crippen molar-refractivity contribution in [3.05, 3.63) is 0 Å². The topological polar surface area (TPSA) is 37.4 Å². The van der Waals surface area contributed by atoms with Crippen LogP contribution in [0, 0.1) is 5.92 Å². The molecule has 0 aromatic rings. The van der Waals surface area contributed by atoms with Crippen molar-refractivity contribution in [2.45, 2.75) is 52.5 Å². The SMILES string of the molecule is CC(=O)N(C(C)=O)C1CCCCC1C. The molecule has 0 aromatic heterocycles. The molecule has 3 heteroatoms. The standard InChI is InChI=1S/C11H19NO2/c1-8-6-4-5-7-11(8)12(9(2)13)10(3)14/h8,11H,4-7H2,1-3H3. The second-order valence-electron chi connectivity index (χ2n) is 4.24. The van der Waals surface area contributed by atoms with Crippen molar-refractivity contribution in [1.82, 2.24) is 4.90 Å². The van der Waals surface area contributed by atoms with E-state index in [-0.39, 0.29) is 17.9 Å². The van der Waals surface area contributed by atoms with Gasteiger partial charge in [-0.25, -0.2) is 0 Å². The molecule has 0 bridgehead atoms. The van der Waals surface area contributed by atoms with Gasteiger partial charge < -0.3 is 0 Å². The van der Waals surface area contributed by atoms with Gasteiger partial charge in [0.1, 0.15) is 0 Å². The first kappa shape index (κ1) is 11.2. The number of nitrogens with zero attached hydrogens (tertiary/aromatic N) is 1. The van der Waals surface area contributed by atoms with Gasteiger partial charge >= 0.3 is 0 Å². The molecule has 14 heavy (non-hydrogen) atoms. The van der Waals surface area contributed by atoms with Crippen molar-refractivity contribution in [2.75, 3.05) is 0 Å². The first-order valence-corrected chi connectivity index (χ1v) is 5.34. The van der Waals surface area contributed by atoms with Crippen LogP contribution in [0.15, 0.2) is 0 Å². The van der Waals surface area contributed by atoms with Gasteiger partial charge in [0.15, 0.2) is 0 Å². The van der Waals surface area contributed by atoms with Crippen molar-refractivity contribution in [1.29, 1.82) is 0 Å². The Kier molecular flexibility index (Phi) is 3.67. The molecular weight excluding hydrogens is 178 g/mol. The van der Waals surface area contributed by atoms with Crippen LogP contribution < -0.4 is 0 Å². The molecule has 1 saturated carbocycles. The zero-order chi connectivity index (χ0) is 10.7. The fraction of sp³-hybridized carbons (Fsp3) is 0.818. The molecule has 0 radical (unpaired) electrons. The highest BCUT2D eigenvalue weighted by Gasteiger charge is 2.30. The van der Waals surface area contributed by atoms with Crippen molar-refractivity contribution in [2.24, 2.45) is 5.92 Å². The smallest absolute Gasteiger partial charge is 0.226 e. The second kappa shape index (κ2) is 4.58. The Bertz CT molecular complexity index is 223. The second-order valence-corrected chi connectivity index (χ2v) is 4.24. The van der Waals surface area contributed by atoms with Crippen molar-refractivity contribution in [3.8, 4) is 0 Å². The van der Waals surface area contributed by atoms with Crippen molar-refractivity contribution < 1.29 is 9.59 Å². The average molecular weight is 197 g/mol. The molecule has 2 amide bonds. The lowest BCUT2D eigenvalue weighted by molar-refractivity contribution is -0.146. The van der Waals surface area contributed by atoms with Crippen LogP contribution in [0.5, 0.6) is 0 Å². The quantitative estimate of drug-likeness (QED) is 0.644. The Hall–Kier alpha value is -0.860. The van der Waals surface area contributed by atoms with E-state index in [1.807, 2.05) is 0 Å². The molecule has 1 fully saturated rings.